The minimum Gasteiger partial charge on any atom is -0.368 e. The molecule has 2 heterocycles. The lowest BCUT2D eigenvalue weighted by atomic mass is 10.0. The van der Waals surface area contributed by atoms with Gasteiger partial charge < -0.3 is 16.4 Å². The number of hydrogen-bond acceptors (Lipinski definition) is 6. The maximum absolute atomic E-state index is 12.6. The molecule has 3 amide bonds. The number of carbonyl (C=O) groups excluding carboxylic acids is 4. The first-order valence-electron chi connectivity index (χ1n) is 8.22. The third-order valence-corrected chi connectivity index (χ3v) is 5.40. The molecule has 0 aliphatic carbocycles. The number of primary amides is 1. The first kappa shape index (κ1) is 18.7. The Balaban J connectivity index is 1.95. The number of piperidine rings is 1. The number of ketones is 1. The fraction of sp³-hybridized carbons (Fsp3) is 0.733. The Kier molecular flexibility index (Phi) is 6.61. The van der Waals surface area contributed by atoms with Crippen LogP contribution in [0.25, 0.3) is 0 Å². The molecule has 9 heteroatoms. The van der Waals surface area contributed by atoms with E-state index in [0.717, 1.165) is 6.42 Å². The molecule has 0 saturated carbocycles. The van der Waals surface area contributed by atoms with E-state index in [4.69, 9.17) is 5.73 Å². The smallest absolute Gasteiger partial charge is 0.243 e. The zero-order valence-corrected chi connectivity index (χ0v) is 14.5. The highest BCUT2D eigenvalue weighted by molar-refractivity contribution is 8.00. The second-order valence-electron chi connectivity index (χ2n) is 6.10. The molecule has 2 aliphatic heterocycles. The number of carbonyl (C=O) groups is 4. The van der Waals surface area contributed by atoms with Gasteiger partial charge in [0.1, 0.15) is 11.4 Å². The molecule has 134 valence electrons. The first-order valence-corrected chi connectivity index (χ1v) is 9.27. The average molecular weight is 356 g/mol. The van der Waals surface area contributed by atoms with Gasteiger partial charge in [-0.2, -0.15) is 0 Å². The van der Waals surface area contributed by atoms with Crippen molar-refractivity contribution in [1.82, 2.24) is 16.0 Å². The van der Waals surface area contributed by atoms with Crippen molar-refractivity contribution in [3.05, 3.63) is 0 Å². The summed E-state index contributed by atoms with van der Waals surface area (Å²) in [5.74, 6) is -0.682. The van der Waals surface area contributed by atoms with Crippen molar-refractivity contribution in [1.29, 1.82) is 0 Å². The number of hydrogen-bond donors (Lipinski definition) is 4. The van der Waals surface area contributed by atoms with E-state index in [-0.39, 0.29) is 17.6 Å². The minimum absolute atomic E-state index is 0.142. The number of thioether (sulfide) groups is 1. The number of nitrogens with one attached hydrogen (secondary N) is 3. The highest BCUT2D eigenvalue weighted by atomic mass is 32.2. The zero-order chi connectivity index (χ0) is 17.7. The van der Waals surface area contributed by atoms with Crippen LogP contribution in [0.2, 0.25) is 0 Å². The lowest BCUT2D eigenvalue weighted by Gasteiger charge is -2.26. The Morgan fingerprint density at radius 3 is 2.71 bits per heavy atom. The monoisotopic (exact) mass is 356 g/mol. The average Bonchev–Trinajstić information content (AvgIpc) is 3.04. The summed E-state index contributed by atoms with van der Waals surface area (Å²) < 4.78 is 0. The van der Waals surface area contributed by atoms with E-state index >= 15 is 0 Å². The maximum atomic E-state index is 12.6. The number of rotatable bonds is 7. The topological polar surface area (TPSA) is 130 Å². The second-order valence-corrected chi connectivity index (χ2v) is 7.24. The van der Waals surface area contributed by atoms with Gasteiger partial charge in [0.25, 0.3) is 0 Å². The third-order valence-electron chi connectivity index (χ3n) is 4.17. The van der Waals surface area contributed by atoms with Gasteiger partial charge in [0.05, 0.1) is 12.1 Å². The van der Waals surface area contributed by atoms with Crippen LogP contribution < -0.4 is 21.7 Å². The molecule has 0 aromatic heterocycles. The van der Waals surface area contributed by atoms with Crippen LogP contribution in [-0.2, 0) is 19.2 Å². The molecule has 5 N–H and O–H groups in total. The molecule has 0 aromatic rings. The molecule has 0 bridgehead atoms. The summed E-state index contributed by atoms with van der Waals surface area (Å²) in [5.41, 5.74) is 5.25. The highest BCUT2D eigenvalue weighted by Gasteiger charge is 2.37. The molecule has 2 fully saturated rings. The first-order chi connectivity index (χ1) is 11.4. The summed E-state index contributed by atoms with van der Waals surface area (Å²) in [6.45, 7) is 1.93. The molecule has 2 aliphatic rings. The fourth-order valence-electron chi connectivity index (χ4n) is 2.83. The van der Waals surface area contributed by atoms with E-state index in [2.05, 4.69) is 16.0 Å². The van der Waals surface area contributed by atoms with E-state index in [1.165, 1.54) is 11.8 Å². The van der Waals surface area contributed by atoms with Crippen LogP contribution in [-0.4, -0.2) is 52.8 Å². The van der Waals surface area contributed by atoms with Crippen LogP contribution >= 0.6 is 11.8 Å². The predicted molar refractivity (Wildman–Crippen MR) is 90.0 cm³/mol. The van der Waals surface area contributed by atoms with Gasteiger partial charge in [0.2, 0.25) is 17.7 Å². The molecule has 0 aromatic carbocycles. The van der Waals surface area contributed by atoms with Crippen LogP contribution in [0.5, 0.6) is 0 Å². The molecule has 2 saturated heterocycles. The van der Waals surface area contributed by atoms with E-state index in [9.17, 15) is 19.2 Å². The summed E-state index contributed by atoms with van der Waals surface area (Å²) in [6.07, 6.45) is 2.90. The molecule has 0 radical (unpaired) electrons. The van der Waals surface area contributed by atoms with Gasteiger partial charge in [0.15, 0.2) is 5.78 Å². The molecule has 3 unspecified atom stereocenters. The van der Waals surface area contributed by atoms with E-state index in [1.807, 2.05) is 6.92 Å². The molecule has 0 spiro atoms. The normalized spacial score (nSPS) is 28.0. The third kappa shape index (κ3) is 4.70. The van der Waals surface area contributed by atoms with Crippen LogP contribution in [0.1, 0.15) is 39.0 Å². The van der Waals surface area contributed by atoms with Crippen molar-refractivity contribution in [2.45, 2.75) is 62.5 Å². The van der Waals surface area contributed by atoms with Gasteiger partial charge >= 0.3 is 0 Å². The molecule has 2 rings (SSSR count). The Labute approximate surface area is 145 Å². The largest absolute Gasteiger partial charge is 0.368 e. The molecule has 24 heavy (non-hydrogen) atoms. The lowest BCUT2D eigenvalue weighted by molar-refractivity contribution is -0.133. The Morgan fingerprint density at radius 1 is 1.38 bits per heavy atom. The second kappa shape index (κ2) is 8.48. The van der Waals surface area contributed by atoms with E-state index in [1.54, 1.807) is 0 Å². The van der Waals surface area contributed by atoms with Gasteiger partial charge in [-0.25, -0.2) is 0 Å². The van der Waals surface area contributed by atoms with Crippen molar-refractivity contribution in [3.63, 3.8) is 0 Å². The van der Waals surface area contributed by atoms with Crippen molar-refractivity contribution in [2.75, 3.05) is 5.75 Å². The van der Waals surface area contributed by atoms with Crippen molar-refractivity contribution >= 4 is 35.3 Å². The van der Waals surface area contributed by atoms with Crippen LogP contribution in [0.15, 0.2) is 0 Å². The summed E-state index contributed by atoms with van der Waals surface area (Å²) >= 11 is 1.32. The lowest BCUT2D eigenvalue weighted by Crippen LogP contribution is -2.55. The van der Waals surface area contributed by atoms with Crippen molar-refractivity contribution < 1.29 is 19.2 Å². The molecule has 8 nitrogen and oxygen atoms in total. The number of amides is 3. The Bertz CT molecular complexity index is 528. The highest BCUT2D eigenvalue weighted by Crippen LogP contribution is 2.21. The summed E-state index contributed by atoms with van der Waals surface area (Å²) in [4.78, 5) is 47.6. The van der Waals surface area contributed by atoms with Gasteiger partial charge in [0, 0.05) is 12.2 Å². The molecule has 4 atom stereocenters. The van der Waals surface area contributed by atoms with Crippen LogP contribution in [0.4, 0.5) is 0 Å². The number of nitrogens with two attached hydrogens (primary N) is 1. The van der Waals surface area contributed by atoms with Crippen molar-refractivity contribution in [2.24, 2.45) is 5.73 Å². The Morgan fingerprint density at radius 2 is 2.12 bits per heavy atom. The minimum atomic E-state index is -0.641. The zero-order valence-electron chi connectivity index (χ0n) is 13.7. The van der Waals surface area contributed by atoms with Crippen LogP contribution in [0.3, 0.4) is 0 Å². The van der Waals surface area contributed by atoms with Gasteiger partial charge in [-0.3, -0.25) is 24.5 Å². The van der Waals surface area contributed by atoms with Crippen molar-refractivity contribution in [3.8, 4) is 0 Å². The standard InChI is InChI=1S/C15H24N4O4S/c1-2-4-8(12(21)15-19-10(7-24-15)13(16)22)18-14(23)9-5-3-6-11(20)17-9/h8-10,15,19H,2-7H2,1H3,(H2,16,22)(H,17,20)(H,18,23)/t8-,9?,10?,15?/m0/s1. The van der Waals surface area contributed by atoms with E-state index in [0.29, 0.717) is 31.4 Å². The molecular formula is C15H24N4O4S. The van der Waals surface area contributed by atoms with Gasteiger partial charge in [-0.1, -0.05) is 13.3 Å². The van der Waals surface area contributed by atoms with E-state index < -0.39 is 29.4 Å². The van der Waals surface area contributed by atoms with Gasteiger partial charge in [-0.15, -0.1) is 11.8 Å². The van der Waals surface area contributed by atoms with Crippen LogP contribution in [0, 0.1) is 0 Å². The fourth-order valence-corrected chi connectivity index (χ4v) is 4.07. The summed E-state index contributed by atoms with van der Waals surface area (Å²) in [7, 11) is 0. The maximum Gasteiger partial charge on any atom is 0.243 e. The summed E-state index contributed by atoms with van der Waals surface area (Å²) in [5, 5.41) is 7.76. The number of Topliss-reactive ketones (excluding diaryl/α,β-unsaturated/α-hetero) is 1. The molecular weight excluding hydrogens is 332 g/mol. The Hall–Kier alpha value is -1.61. The quantitative estimate of drug-likeness (QED) is 0.464. The van der Waals surface area contributed by atoms with Gasteiger partial charge in [-0.05, 0) is 19.3 Å². The summed E-state index contributed by atoms with van der Waals surface area (Å²) in [6, 6.07) is -1.75. The SMILES string of the molecule is CCC[C@H](NC(=O)C1CCCC(=O)N1)C(=O)C1NC(C(N)=O)CS1. The predicted octanol–water partition coefficient (Wildman–Crippen LogP) is -0.974.